The topological polar surface area (TPSA) is 0 Å². The van der Waals surface area contributed by atoms with Crippen molar-refractivity contribution in [3.05, 3.63) is 0 Å². The molecule has 0 bridgehead atoms. The Morgan fingerprint density at radius 2 is 0.537 bits per heavy atom. The molecule has 0 aliphatic carbocycles. The monoisotopic (exact) mass is 792 g/mol. The van der Waals surface area contributed by atoms with Crippen molar-refractivity contribution in [3.63, 3.8) is 0 Å². The summed E-state index contributed by atoms with van der Waals surface area (Å²) in [5, 5.41) is 0. The summed E-state index contributed by atoms with van der Waals surface area (Å²) < 4.78 is 333. The molecule has 1 unspecified atom stereocenters. The van der Waals surface area contributed by atoms with Crippen LogP contribution in [-0.4, -0.2) is 75.5 Å². The molecule has 0 rings (SSSR count). The van der Waals surface area contributed by atoms with Crippen LogP contribution in [0.15, 0.2) is 0 Å². The van der Waals surface area contributed by atoms with E-state index in [0.29, 0.717) is 0 Å². The van der Waals surface area contributed by atoms with Gasteiger partial charge in [0.25, 0.3) is 0 Å². The van der Waals surface area contributed by atoms with Crippen LogP contribution in [0.3, 0.4) is 0 Å². The summed E-state index contributed by atoms with van der Waals surface area (Å²) in [6.07, 6.45) is -20.0. The summed E-state index contributed by atoms with van der Waals surface area (Å²) in [7, 11) is 0. The van der Waals surface area contributed by atoms with E-state index in [0.717, 1.165) is 0 Å². The molecule has 41 heavy (non-hydrogen) atoms. The molecule has 0 N–H and O–H groups in total. The van der Waals surface area contributed by atoms with Gasteiger partial charge >= 0.3 is 71.6 Å². The van der Waals surface area contributed by atoms with Crippen LogP contribution in [-0.2, 0) is 0 Å². The predicted molar refractivity (Wildman–Crippen MR) is 84.0 cm³/mol. The molecule has 0 aromatic rings. The Bertz CT molecular complexity index is 935. The zero-order valence-electron chi connectivity index (χ0n) is 17.5. The Morgan fingerprint density at radius 1 is 0.317 bits per heavy atom. The van der Waals surface area contributed by atoms with Gasteiger partial charge in [-0.3, -0.25) is 0 Å². The molecule has 0 radical (unpaired) electrons. The predicted octanol–water partition coefficient (Wildman–Crippen LogP) is 9.66. The fourth-order valence-electron chi connectivity index (χ4n) is 2.26. The zero-order chi connectivity index (χ0) is 34.3. The highest BCUT2D eigenvalue weighted by Crippen LogP contribution is 2.65. The first kappa shape index (κ1) is 39.9. The van der Waals surface area contributed by atoms with E-state index in [9.17, 15) is 114 Å². The molecule has 0 nitrogen and oxygen atoms in total. The molecule has 0 aromatic carbocycles. The zero-order valence-corrected chi connectivity index (χ0v) is 19.6. The van der Waals surface area contributed by atoms with Crippen molar-refractivity contribution >= 4 is 22.6 Å². The van der Waals surface area contributed by atoms with Gasteiger partial charge in [0.05, 0.1) is 3.92 Å². The lowest BCUT2D eigenvalue weighted by Crippen LogP contribution is -2.75. The van der Waals surface area contributed by atoms with Crippen molar-refractivity contribution in [1.82, 2.24) is 0 Å². The van der Waals surface area contributed by atoms with Gasteiger partial charge in [0, 0.05) is 6.42 Å². The average molecular weight is 792 g/mol. The number of hydrogen-bond acceptors (Lipinski definition) is 0. The lowest BCUT2D eigenvalue weighted by atomic mass is 9.87. The highest BCUT2D eigenvalue weighted by Gasteiger charge is 2.95. The molecular formula is C14H3F26I. The molecular weight excluding hydrogens is 789 g/mol. The summed E-state index contributed by atoms with van der Waals surface area (Å²) in [5.74, 6) is -84.4. The van der Waals surface area contributed by atoms with Gasteiger partial charge in [0.1, 0.15) is 0 Å². The maximum atomic E-state index is 13.9. The Morgan fingerprint density at radius 3 is 0.805 bits per heavy atom. The van der Waals surface area contributed by atoms with E-state index in [2.05, 4.69) is 0 Å². The maximum Gasteiger partial charge on any atom is 0.460 e. The van der Waals surface area contributed by atoms with E-state index in [1.165, 1.54) is 0 Å². The van der Waals surface area contributed by atoms with Crippen LogP contribution in [0.2, 0.25) is 0 Å². The molecule has 0 aromatic heterocycles. The molecule has 27 heteroatoms. The van der Waals surface area contributed by atoms with Crippen LogP contribution in [0.4, 0.5) is 114 Å². The van der Waals surface area contributed by atoms with Gasteiger partial charge in [-0.1, -0.05) is 22.6 Å². The van der Waals surface area contributed by atoms with E-state index >= 15 is 0 Å². The van der Waals surface area contributed by atoms with E-state index in [-0.39, 0.29) is 0 Å². The van der Waals surface area contributed by atoms with Gasteiger partial charge in [-0.25, -0.2) is 0 Å². The standard InChI is InChI=1S/C14H3F26I/c15-3(16,5(19,20)11(31,32)13(35,36)37)1-2(41)4(17,18)6(21,22)7(23,24)8(25,26)9(27,28)10(29,30)12(33,34)14(38,39)40/h2H,1H2. The number of alkyl halides is 27. The fourth-order valence-corrected chi connectivity index (χ4v) is 3.21. The molecule has 0 fully saturated rings. The summed E-state index contributed by atoms with van der Waals surface area (Å²) in [6, 6.07) is 0. The molecule has 0 saturated heterocycles. The van der Waals surface area contributed by atoms with Gasteiger partial charge in [0.2, 0.25) is 0 Å². The molecule has 1 atom stereocenters. The third-order valence-corrected chi connectivity index (χ3v) is 6.01. The van der Waals surface area contributed by atoms with Gasteiger partial charge in [-0.15, -0.1) is 0 Å². The molecule has 0 spiro atoms. The number of halogens is 27. The normalized spacial score (nSPS) is 17.6. The number of rotatable bonds is 11. The number of hydrogen-bond donors (Lipinski definition) is 0. The molecule has 0 aliphatic rings. The van der Waals surface area contributed by atoms with Crippen LogP contribution in [0.5, 0.6) is 0 Å². The summed E-state index contributed by atoms with van der Waals surface area (Å²) in [5.41, 5.74) is 0. The smallest absolute Gasteiger partial charge is 0.200 e. The minimum absolute atomic E-state index is 0.900. The second-order valence-electron chi connectivity index (χ2n) is 7.59. The lowest BCUT2D eigenvalue weighted by molar-refractivity contribution is -0.461. The molecule has 0 aliphatic heterocycles. The first-order valence-electron chi connectivity index (χ1n) is 8.68. The van der Waals surface area contributed by atoms with Crippen molar-refractivity contribution in [3.8, 4) is 0 Å². The van der Waals surface area contributed by atoms with Gasteiger partial charge < -0.3 is 0 Å². The van der Waals surface area contributed by atoms with Gasteiger partial charge in [-0.05, 0) is 0 Å². The Kier molecular flexibility index (Phi) is 9.70. The van der Waals surface area contributed by atoms with Crippen LogP contribution in [0.25, 0.3) is 0 Å². The quantitative estimate of drug-likeness (QED) is 0.111. The van der Waals surface area contributed by atoms with Crippen molar-refractivity contribution in [2.75, 3.05) is 0 Å². The summed E-state index contributed by atoms with van der Waals surface area (Å²) in [4.78, 5) is 0. The van der Waals surface area contributed by atoms with E-state index < -0.39 is 105 Å². The summed E-state index contributed by atoms with van der Waals surface area (Å²) >= 11 is -0.900. The Hall–Kier alpha value is -1.09. The lowest BCUT2D eigenvalue weighted by Gasteiger charge is -2.44. The van der Waals surface area contributed by atoms with Crippen LogP contribution in [0, 0.1) is 0 Å². The van der Waals surface area contributed by atoms with E-state index in [4.69, 9.17) is 0 Å². The second kappa shape index (κ2) is 9.97. The molecule has 0 heterocycles. The third kappa shape index (κ3) is 5.31. The Balaban J connectivity index is 6.88. The highest BCUT2D eigenvalue weighted by atomic mass is 127. The van der Waals surface area contributed by atoms with E-state index in [1.54, 1.807) is 0 Å². The third-order valence-electron chi connectivity index (χ3n) is 4.79. The van der Waals surface area contributed by atoms with Crippen molar-refractivity contribution in [1.29, 1.82) is 0 Å². The minimum Gasteiger partial charge on any atom is -0.200 e. The van der Waals surface area contributed by atoms with Crippen molar-refractivity contribution in [2.24, 2.45) is 0 Å². The largest absolute Gasteiger partial charge is 0.460 e. The van der Waals surface area contributed by atoms with Gasteiger partial charge in [-0.2, -0.15) is 114 Å². The molecule has 0 saturated carbocycles. The van der Waals surface area contributed by atoms with Crippen LogP contribution < -0.4 is 0 Å². The second-order valence-corrected chi connectivity index (χ2v) is 9.09. The first-order chi connectivity index (χ1) is 17.1. The SMILES string of the molecule is FC(F)(F)C(F)(F)C(F)(F)C(F)(F)CC(I)C(F)(F)C(F)(F)C(F)(F)C(F)(F)C(F)(F)C(F)(F)C(F)(F)C(F)(F)F. The minimum atomic E-state index is -9.17. The van der Waals surface area contributed by atoms with Crippen LogP contribution in [0.1, 0.15) is 6.42 Å². The summed E-state index contributed by atoms with van der Waals surface area (Å²) in [6.45, 7) is 0. The first-order valence-corrected chi connectivity index (χ1v) is 9.93. The molecule has 0 amide bonds. The highest BCUT2D eigenvalue weighted by molar-refractivity contribution is 14.1. The Labute approximate surface area is 219 Å². The fraction of sp³-hybridized carbons (Fsp3) is 1.00. The maximum absolute atomic E-state index is 13.9. The van der Waals surface area contributed by atoms with Gasteiger partial charge in [0.15, 0.2) is 0 Å². The average Bonchev–Trinajstić information content (AvgIpc) is 2.70. The van der Waals surface area contributed by atoms with E-state index in [1.807, 2.05) is 0 Å². The van der Waals surface area contributed by atoms with Crippen LogP contribution >= 0.6 is 22.6 Å². The van der Waals surface area contributed by atoms with Crippen molar-refractivity contribution < 1.29 is 114 Å². The molecule has 248 valence electrons. The van der Waals surface area contributed by atoms with Crippen molar-refractivity contribution in [2.45, 2.75) is 81.9 Å².